The zero-order valence-electron chi connectivity index (χ0n) is 19.9. The molecule has 0 aliphatic carbocycles. The summed E-state index contributed by atoms with van der Waals surface area (Å²) in [5.74, 6) is -1.59. The van der Waals surface area contributed by atoms with Crippen molar-refractivity contribution >= 4 is 11.0 Å². The van der Waals surface area contributed by atoms with E-state index in [0.717, 1.165) is 0 Å². The van der Waals surface area contributed by atoms with Gasteiger partial charge in [0.05, 0.1) is 27.9 Å². The van der Waals surface area contributed by atoms with Crippen LogP contribution in [0.25, 0.3) is 22.3 Å². The molecule has 0 saturated carbocycles. The highest BCUT2D eigenvalue weighted by Gasteiger charge is 2.45. The highest BCUT2D eigenvalue weighted by molar-refractivity contribution is 5.91. The van der Waals surface area contributed by atoms with E-state index in [4.69, 9.17) is 28.1 Å². The number of rotatable bonds is 7. The van der Waals surface area contributed by atoms with Gasteiger partial charge in [-0.3, -0.25) is 4.79 Å². The fraction of sp³-hybridized carbons (Fsp3) is 0.375. The third kappa shape index (κ3) is 4.47. The third-order valence-corrected chi connectivity index (χ3v) is 5.98. The van der Waals surface area contributed by atoms with E-state index < -0.39 is 48.5 Å². The van der Waals surface area contributed by atoms with E-state index in [1.807, 2.05) is 0 Å². The molecule has 5 atom stereocenters. The van der Waals surface area contributed by atoms with Crippen molar-refractivity contribution in [3.8, 4) is 45.8 Å². The number of hydrogen-bond donors (Lipinski definition) is 6. The zero-order chi connectivity index (χ0) is 27.0. The second-order valence-corrected chi connectivity index (χ2v) is 8.13. The molecule has 13 nitrogen and oxygen atoms in total. The van der Waals surface area contributed by atoms with Crippen LogP contribution in [0.1, 0.15) is 0 Å². The van der Waals surface area contributed by atoms with E-state index in [1.165, 1.54) is 45.6 Å². The van der Waals surface area contributed by atoms with Crippen LogP contribution in [0.2, 0.25) is 0 Å². The smallest absolute Gasteiger partial charge is 0.239 e. The standard InChI is InChI=1S/C24H26O13/c1-32-11-6-9(4-5-10(11)26)21-23(34-3)18(29)15-12(35-21)7-13(22(33-2)17(15)28)36-24-20(31)19(30)16(27)14(8-25)37-24/h4-7,14,16,19-20,24-28,30-31H,8H2,1-3H3/t14?,16-,19+,20?,24-/m1/s1. The first-order valence-corrected chi connectivity index (χ1v) is 11.0. The van der Waals surface area contributed by atoms with Crippen molar-refractivity contribution in [2.24, 2.45) is 0 Å². The molecular formula is C24H26O13. The molecule has 200 valence electrons. The Hall–Kier alpha value is -3.75. The summed E-state index contributed by atoms with van der Waals surface area (Å²) in [6, 6.07) is 5.39. The van der Waals surface area contributed by atoms with Crippen LogP contribution in [-0.4, -0.2) is 89.3 Å². The summed E-state index contributed by atoms with van der Waals surface area (Å²) in [5, 5.41) is 60.3. The van der Waals surface area contributed by atoms with Gasteiger partial charge in [0.15, 0.2) is 28.8 Å². The van der Waals surface area contributed by atoms with Crippen LogP contribution in [0.5, 0.6) is 34.5 Å². The molecule has 4 rings (SSSR count). The van der Waals surface area contributed by atoms with Crippen LogP contribution in [0, 0.1) is 0 Å². The van der Waals surface area contributed by atoms with E-state index in [0.29, 0.717) is 5.56 Å². The molecule has 0 bridgehead atoms. The number of fused-ring (bicyclic) bond motifs is 1. The van der Waals surface area contributed by atoms with E-state index in [9.17, 15) is 35.4 Å². The lowest BCUT2D eigenvalue weighted by molar-refractivity contribution is -0.277. The van der Waals surface area contributed by atoms with Crippen molar-refractivity contribution in [2.45, 2.75) is 30.7 Å². The average molecular weight is 522 g/mol. The molecule has 1 fully saturated rings. The van der Waals surface area contributed by atoms with Gasteiger partial charge in [-0.25, -0.2) is 0 Å². The monoisotopic (exact) mass is 522 g/mol. The second-order valence-electron chi connectivity index (χ2n) is 8.13. The summed E-state index contributed by atoms with van der Waals surface area (Å²) < 4.78 is 32.5. The van der Waals surface area contributed by atoms with Gasteiger partial charge in [0.2, 0.25) is 23.2 Å². The van der Waals surface area contributed by atoms with Crippen molar-refractivity contribution in [1.82, 2.24) is 0 Å². The van der Waals surface area contributed by atoms with Crippen molar-refractivity contribution in [3.63, 3.8) is 0 Å². The predicted molar refractivity (Wildman–Crippen MR) is 125 cm³/mol. The summed E-state index contributed by atoms with van der Waals surface area (Å²) in [7, 11) is 3.78. The fourth-order valence-corrected chi connectivity index (χ4v) is 4.05. The highest BCUT2D eigenvalue weighted by atomic mass is 16.7. The highest BCUT2D eigenvalue weighted by Crippen LogP contribution is 2.45. The number of aliphatic hydroxyl groups is 4. The van der Waals surface area contributed by atoms with Crippen LogP contribution in [0.4, 0.5) is 0 Å². The minimum atomic E-state index is -1.75. The van der Waals surface area contributed by atoms with Crippen LogP contribution in [0.15, 0.2) is 33.5 Å². The molecule has 1 aliphatic heterocycles. The van der Waals surface area contributed by atoms with Crippen LogP contribution < -0.4 is 24.4 Å². The summed E-state index contributed by atoms with van der Waals surface area (Å²) in [5.41, 5.74) is -0.621. The quantitative estimate of drug-likeness (QED) is 0.244. The minimum Gasteiger partial charge on any atom is -0.504 e. The van der Waals surface area contributed by atoms with Gasteiger partial charge in [0.1, 0.15) is 35.4 Å². The SMILES string of the molecule is COc1cc(-c2oc3cc(O[C@@H]4OC(CO)[C@@H](O)[C@H](O)C4O)c(OC)c(O)c3c(=O)c2OC)ccc1O. The lowest BCUT2D eigenvalue weighted by Gasteiger charge is -2.39. The fourth-order valence-electron chi connectivity index (χ4n) is 4.05. The largest absolute Gasteiger partial charge is 0.504 e. The molecule has 0 spiro atoms. The van der Waals surface area contributed by atoms with Crippen molar-refractivity contribution in [3.05, 3.63) is 34.5 Å². The summed E-state index contributed by atoms with van der Waals surface area (Å²) in [6.45, 7) is -0.682. The zero-order valence-corrected chi connectivity index (χ0v) is 19.9. The van der Waals surface area contributed by atoms with Crippen molar-refractivity contribution < 1.29 is 58.7 Å². The van der Waals surface area contributed by atoms with Gasteiger partial charge in [-0.1, -0.05) is 0 Å². The number of benzene rings is 2. The van der Waals surface area contributed by atoms with Gasteiger partial charge in [-0.15, -0.1) is 0 Å². The summed E-state index contributed by atoms with van der Waals surface area (Å²) in [6.07, 6.45) is -7.92. The Morgan fingerprint density at radius 1 is 0.892 bits per heavy atom. The first kappa shape index (κ1) is 26.3. The van der Waals surface area contributed by atoms with Crippen LogP contribution in [-0.2, 0) is 4.74 Å². The van der Waals surface area contributed by atoms with E-state index in [1.54, 1.807) is 0 Å². The predicted octanol–water partition coefficient (Wildman–Crippen LogP) is 0.0757. The molecule has 2 heterocycles. The Morgan fingerprint density at radius 2 is 1.59 bits per heavy atom. The Kier molecular flexibility index (Phi) is 7.34. The van der Waals surface area contributed by atoms with Crippen LogP contribution >= 0.6 is 0 Å². The molecule has 6 N–H and O–H groups in total. The van der Waals surface area contributed by atoms with Gasteiger partial charge >= 0.3 is 0 Å². The van der Waals surface area contributed by atoms with Gasteiger partial charge in [-0.2, -0.15) is 0 Å². The minimum absolute atomic E-state index is 0.0540. The number of ether oxygens (including phenoxy) is 5. The molecular weight excluding hydrogens is 496 g/mol. The van der Waals surface area contributed by atoms with Crippen LogP contribution in [0.3, 0.4) is 0 Å². The maximum Gasteiger partial charge on any atom is 0.239 e. The van der Waals surface area contributed by atoms with Gasteiger partial charge in [-0.05, 0) is 18.2 Å². The number of phenols is 2. The molecule has 0 amide bonds. The normalized spacial score (nSPS) is 23.6. The summed E-state index contributed by atoms with van der Waals surface area (Å²) >= 11 is 0. The molecule has 3 aromatic rings. The first-order valence-electron chi connectivity index (χ1n) is 11.0. The topological polar surface area (TPSA) is 198 Å². The molecule has 2 unspecified atom stereocenters. The van der Waals surface area contributed by atoms with E-state index >= 15 is 0 Å². The average Bonchev–Trinajstić information content (AvgIpc) is 2.89. The number of hydrogen-bond acceptors (Lipinski definition) is 13. The Balaban J connectivity index is 1.88. The van der Waals surface area contributed by atoms with Gasteiger partial charge in [0, 0.05) is 11.6 Å². The van der Waals surface area contributed by atoms with Gasteiger partial charge < -0.3 is 58.7 Å². The van der Waals surface area contributed by atoms with Gasteiger partial charge in [0.25, 0.3) is 0 Å². The van der Waals surface area contributed by atoms with Crippen molar-refractivity contribution in [2.75, 3.05) is 27.9 Å². The lowest BCUT2D eigenvalue weighted by Crippen LogP contribution is -2.60. The maximum absolute atomic E-state index is 13.3. The molecule has 2 aromatic carbocycles. The summed E-state index contributed by atoms with van der Waals surface area (Å²) in [4.78, 5) is 13.3. The maximum atomic E-state index is 13.3. The molecule has 1 saturated heterocycles. The number of methoxy groups -OCH3 is 3. The Labute approximate surface area is 209 Å². The Morgan fingerprint density at radius 3 is 2.22 bits per heavy atom. The number of phenolic OH excluding ortho intramolecular Hbond substituents is 2. The molecule has 0 radical (unpaired) electrons. The molecule has 1 aromatic heterocycles. The molecule has 1 aliphatic rings. The number of aliphatic hydroxyl groups excluding tert-OH is 4. The van der Waals surface area contributed by atoms with Crippen molar-refractivity contribution in [1.29, 1.82) is 0 Å². The Bertz CT molecular complexity index is 1350. The van der Waals surface area contributed by atoms with E-state index in [-0.39, 0.29) is 45.5 Å². The third-order valence-electron chi connectivity index (χ3n) is 5.98. The number of aromatic hydroxyl groups is 2. The second kappa shape index (κ2) is 10.3. The first-order chi connectivity index (χ1) is 17.7. The molecule has 37 heavy (non-hydrogen) atoms. The molecule has 13 heteroatoms. The lowest BCUT2D eigenvalue weighted by atomic mass is 9.99. The van der Waals surface area contributed by atoms with E-state index in [2.05, 4.69) is 0 Å².